The van der Waals surface area contributed by atoms with Crippen LogP contribution in [0.25, 0.3) is 0 Å². The van der Waals surface area contributed by atoms with E-state index in [0.29, 0.717) is 5.56 Å². The average molecular weight is 285 g/mol. The van der Waals surface area contributed by atoms with Gasteiger partial charge in [0.25, 0.3) is 5.69 Å². The van der Waals surface area contributed by atoms with E-state index in [4.69, 9.17) is 0 Å². The van der Waals surface area contributed by atoms with Crippen LogP contribution in [0, 0.1) is 10.1 Å². The third-order valence-electron chi connectivity index (χ3n) is 2.59. The lowest BCUT2D eigenvalue weighted by atomic mass is 10.2. The van der Waals surface area contributed by atoms with E-state index < -0.39 is 4.92 Å². The van der Waals surface area contributed by atoms with Crippen LogP contribution in [0.5, 0.6) is 0 Å². The Hall–Kier alpha value is -3.09. The molecule has 0 fully saturated rings. The van der Waals surface area contributed by atoms with Crippen molar-refractivity contribution in [3.8, 4) is 0 Å². The van der Waals surface area contributed by atoms with Crippen LogP contribution in [0.15, 0.2) is 60.0 Å². The second-order valence-corrected chi connectivity index (χ2v) is 4.19. The topological polar surface area (TPSA) is 88.5 Å². The van der Waals surface area contributed by atoms with Crippen molar-refractivity contribution in [1.82, 2.24) is 5.43 Å². The molecule has 0 saturated carbocycles. The molecule has 0 aliphatic carbocycles. The molecule has 0 radical (unpaired) electrons. The fourth-order valence-electron chi connectivity index (χ4n) is 1.64. The number of hydrazone groups is 1. The van der Waals surface area contributed by atoms with Gasteiger partial charge in [0.05, 0.1) is 11.1 Å². The molecule has 21 heavy (non-hydrogen) atoms. The first-order chi connectivity index (χ1) is 10.1. The first kappa shape index (κ1) is 14.3. The van der Waals surface area contributed by atoms with E-state index in [1.54, 1.807) is 29.1 Å². The van der Waals surface area contributed by atoms with E-state index >= 15 is 0 Å². The molecule has 7 heteroatoms. The molecule has 0 aliphatic heterocycles. The molecule has 1 heterocycles. The maximum Gasteiger partial charge on any atom is 0.305 e. The quantitative estimate of drug-likeness (QED) is 0.385. The zero-order chi connectivity index (χ0) is 15.1. The van der Waals surface area contributed by atoms with E-state index in [1.165, 1.54) is 18.3 Å². The molecule has 0 aliphatic rings. The molecular formula is C14H13N4O3+. The van der Waals surface area contributed by atoms with Crippen LogP contribution in [0.2, 0.25) is 0 Å². The number of hydrogen-bond donors (Lipinski definition) is 1. The van der Waals surface area contributed by atoms with Crippen molar-refractivity contribution < 1.29 is 14.3 Å². The van der Waals surface area contributed by atoms with Gasteiger partial charge in [-0.3, -0.25) is 14.9 Å². The molecular weight excluding hydrogens is 272 g/mol. The summed E-state index contributed by atoms with van der Waals surface area (Å²) in [5.41, 5.74) is 2.88. The summed E-state index contributed by atoms with van der Waals surface area (Å²) in [7, 11) is 0. The van der Waals surface area contributed by atoms with Gasteiger partial charge in [0.2, 0.25) is 6.54 Å². The van der Waals surface area contributed by atoms with Crippen LogP contribution in [-0.4, -0.2) is 17.0 Å². The van der Waals surface area contributed by atoms with Crippen LogP contribution in [-0.2, 0) is 11.3 Å². The summed E-state index contributed by atoms with van der Waals surface area (Å²) in [4.78, 5) is 21.8. The number of rotatable bonds is 5. The number of nitrogens with one attached hydrogen (secondary N) is 1. The number of carbonyl (C=O) groups excluding carboxylic acids is 1. The minimum atomic E-state index is -0.484. The molecule has 0 atom stereocenters. The molecule has 1 N–H and O–H groups in total. The highest BCUT2D eigenvalue weighted by Gasteiger charge is 2.07. The van der Waals surface area contributed by atoms with Crippen LogP contribution < -0.4 is 9.99 Å². The van der Waals surface area contributed by atoms with Crippen molar-refractivity contribution in [2.75, 3.05) is 0 Å². The number of benzene rings is 1. The summed E-state index contributed by atoms with van der Waals surface area (Å²) in [6.07, 6.45) is 4.90. The third kappa shape index (κ3) is 4.50. The van der Waals surface area contributed by atoms with Gasteiger partial charge in [-0.15, -0.1) is 0 Å². The monoisotopic (exact) mass is 285 g/mol. The summed E-state index contributed by atoms with van der Waals surface area (Å²) in [6, 6.07) is 11.5. The normalized spacial score (nSPS) is 10.5. The minimum absolute atomic E-state index is 0.0230. The zero-order valence-corrected chi connectivity index (χ0v) is 11.0. The van der Waals surface area contributed by atoms with Gasteiger partial charge in [0, 0.05) is 29.8 Å². The van der Waals surface area contributed by atoms with Crippen LogP contribution in [0.4, 0.5) is 5.69 Å². The van der Waals surface area contributed by atoms with Crippen molar-refractivity contribution in [1.29, 1.82) is 0 Å². The van der Waals surface area contributed by atoms with Crippen molar-refractivity contribution in [2.45, 2.75) is 6.54 Å². The second kappa shape index (κ2) is 6.90. The van der Waals surface area contributed by atoms with Crippen LogP contribution >= 0.6 is 0 Å². The number of carbonyl (C=O) groups is 1. The van der Waals surface area contributed by atoms with Crippen molar-refractivity contribution >= 4 is 17.8 Å². The summed E-state index contributed by atoms with van der Waals surface area (Å²) in [5, 5.41) is 14.4. The van der Waals surface area contributed by atoms with E-state index in [0.717, 1.165) is 0 Å². The minimum Gasteiger partial charge on any atom is -0.266 e. The molecule has 0 spiro atoms. The molecule has 0 saturated heterocycles. The standard InChI is InChI=1S/C14H12N4O3/c19-14(11-17-7-2-1-3-8-17)16-15-10-12-5-4-6-13(9-12)18(20)21/h1-10H,11H2/p+1/b15-10-. The predicted octanol–water partition coefficient (Wildman–Crippen LogP) is 1.03. The van der Waals surface area contributed by atoms with E-state index in [9.17, 15) is 14.9 Å². The van der Waals surface area contributed by atoms with Gasteiger partial charge in [0.15, 0.2) is 12.4 Å². The molecule has 0 unspecified atom stereocenters. The fourth-order valence-corrected chi connectivity index (χ4v) is 1.64. The number of pyridine rings is 1. The predicted molar refractivity (Wildman–Crippen MR) is 75.5 cm³/mol. The van der Waals surface area contributed by atoms with Gasteiger partial charge in [-0.25, -0.2) is 5.43 Å². The summed E-state index contributed by atoms with van der Waals surface area (Å²) in [5.74, 6) is -0.284. The Morgan fingerprint density at radius 1 is 1.29 bits per heavy atom. The van der Waals surface area contributed by atoms with Gasteiger partial charge in [-0.05, 0) is 0 Å². The lowest BCUT2D eigenvalue weighted by Gasteiger charge is -1.97. The highest BCUT2D eigenvalue weighted by molar-refractivity contribution is 5.82. The van der Waals surface area contributed by atoms with Gasteiger partial charge < -0.3 is 0 Å². The molecule has 0 bridgehead atoms. The van der Waals surface area contributed by atoms with Gasteiger partial charge in [-0.2, -0.15) is 9.67 Å². The number of aromatic nitrogens is 1. The Morgan fingerprint density at radius 3 is 2.76 bits per heavy atom. The maximum atomic E-state index is 11.6. The number of non-ortho nitro benzene ring substituents is 1. The van der Waals surface area contributed by atoms with Crippen molar-refractivity contribution in [3.63, 3.8) is 0 Å². The zero-order valence-electron chi connectivity index (χ0n) is 11.0. The van der Waals surface area contributed by atoms with Gasteiger partial charge in [-0.1, -0.05) is 18.2 Å². The maximum absolute atomic E-state index is 11.6. The molecule has 1 amide bonds. The van der Waals surface area contributed by atoms with E-state index in [-0.39, 0.29) is 18.1 Å². The van der Waals surface area contributed by atoms with E-state index in [2.05, 4.69) is 10.5 Å². The number of hydrogen-bond acceptors (Lipinski definition) is 4. The van der Waals surface area contributed by atoms with E-state index in [1.807, 2.05) is 18.2 Å². The van der Waals surface area contributed by atoms with Crippen LogP contribution in [0.3, 0.4) is 0 Å². The number of nitro benzene ring substituents is 1. The molecule has 7 nitrogen and oxygen atoms in total. The third-order valence-corrected chi connectivity index (χ3v) is 2.59. The number of amides is 1. The highest BCUT2D eigenvalue weighted by Crippen LogP contribution is 2.11. The summed E-state index contributed by atoms with van der Waals surface area (Å²) < 4.78 is 1.71. The Morgan fingerprint density at radius 2 is 2.05 bits per heavy atom. The summed E-state index contributed by atoms with van der Waals surface area (Å²) in [6.45, 7) is 0.146. The Bertz CT molecular complexity index is 671. The molecule has 2 aromatic rings. The first-order valence-electron chi connectivity index (χ1n) is 6.15. The Labute approximate surface area is 120 Å². The largest absolute Gasteiger partial charge is 0.305 e. The molecule has 106 valence electrons. The SMILES string of the molecule is O=C(C[n+]1ccccc1)N/N=C\c1cccc([N+](=O)[O-])c1. The molecule has 1 aromatic heterocycles. The fraction of sp³-hybridized carbons (Fsp3) is 0.0714. The highest BCUT2D eigenvalue weighted by atomic mass is 16.6. The number of nitrogens with zero attached hydrogens (tertiary/aromatic N) is 3. The average Bonchev–Trinajstić information content (AvgIpc) is 2.48. The Balaban J connectivity index is 1.91. The van der Waals surface area contributed by atoms with Gasteiger partial charge >= 0.3 is 5.91 Å². The number of nitro groups is 1. The molecule has 2 rings (SSSR count). The lowest BCUT2D eigenvalue weighted by molar-refractivity contribution is -0.684. The first-order valence-corrected chi connectivity index (χ1v) is 6.15. The smallest absolute Gasteiger partial charge is 0.266 e. The van der Waals surface area contributed by atoms with Crippen LogP contribution in [0.1, 0.15) is 5.56 Å². The van der Waals surface area contributed by atoms with Crippen molar-refractivity contribution in [3.05, 3.63) is 70.5 Å². The lowest BCUT2D eigenvalue weighted by Crippen LogP contribution is -2.40. The summed E-state index contributed by atoms with van der Waals surface area (Å²) >= 11 is 0. The molecule has 1 aromatic carbocycles. The van der Waals surface area contributed by atoms with Crippen molar-refractivity contribution in [2.24, 2.45) is 5.10 Å². The van der Waals surface area contributed by atoms with Gasteiger partial charge in [0.1, 0.15) is 0 Å². The Kier molecular flexibility index (Phi) is 4.70. The second-order valence-electron chi connectivity index (χ2n) is 4.19.